The molecule has 18 heavy (non-hydrogen) atoms. The lowest BCUT2D eigenvalue weighted by Gasteiger charge is -2.12. The average Bonchev–Trinajstić information content (AvgIpc) is 2.52. The van der Waals surface area contributed by atoms with Crippen molar-refractivity contribution in [3.8, 4) is 0 Å². The van der Waals surface area contributed by atoms with Gasteiger partial charge in [0.05, 0.1) is 0 Å². The number of aliphatic hydroxyl groups is 1. The van der Waals surface area contributed by atoms with Crippen LogP contribution in [0, 0.1) is 32.4 Å². The zero-order valence-corrected chi connectivity index (χ0v) is 10.4. The van der Waals surface area contributed by atoms with Gasteiger partial charge >= 0.3 is 0 Å². The molecule has 0 spiro atoms. The predicted molar refractivity (Wildman–Crippen MR) is 63.3 cm³/mol. The van der Waals surface area contributed by atoms with E-state index in [4.69, 9.17) is 4.42 Å². The molecule has 2 nitrogen and oxygen atoms in total. The number of benzene rings is 1. The van der Waals surface area contributed by atoms with Gasteiger partial charge in [0.1, 0.15) is 29.3 Å². The van der Waals surface area contributed by atoms with E-state index in [1.807, 2.05) is 0 Å². The standard InChI is InChI=1S/C14H14F2O2/c1-7-8(2)18-9(3)13(7)14(17)11-5-4-10(15)6-12(11)16/h4-6,14,17H,1-3H3. The van der Waals surface area contributed by atoms with Crippen LogP contribution in [-0.4, -0.2) is 5.11 Å². The van der Waals surface area contributed by atoms with Gasteiger partial charge < -0.3 is 9.52 Å². The number of furan rings is 1. The predicted octanol–water partition coefficient (Wildman–Crippen LogP) is 3.56. The van der Waals surface area contributed by atoms with E-state index in [1.54, 1.807) is 20.8 Å². The molecule has 1 aromatic carbocycles. The fraction of sp³-hybridized carbons (Fsp3) is 0.286. The molecule has 1 heterocycles. The fourth-order valence-electron chi connectivity index (χ4n) is 2.09. The summed E-state index contributed by atoms with van der Waals surface area (Å²) in [7, 11) is 0. The molecule has 96 valence electrons. The number of hydrogen-bond acceptors (Lipinski definition) is 2. The molecule has 0 saturated heterocycles. The lowest BCUT2D eigenvalue weighted by Crippen LogP contribution is -2.05. The SMILES string of the molecule is Cc1oc(C)c(C(O)c2ccc(F)cc2F)c1C. The van der Waals surface area contributed by atoms with E-state index in [-0.39, 0.29) is 5.56 Å². The monoisotopic (exact) mass is 252 g/mol. The lowest BCUT2D eigenvalue weighted by atomic mass is 9.97. The molecule has 0 aliphatic rings. The molecule has 1 atom stereocenters. The van der Waals surface area contributed by atoms with Gasteiger partial charge in [-0.15, -0.1) is 0 Å². The smallest absolute Gasteiger partial charge is 0.132 e. The lowest BCUT2D eigenvalue weighted by molar-refractivity contribution is 0.212. The third-order valence-corrected chi connectivity index (χ3v) is 3.15. The van der Waals surface area contributed by atoms with Crippen LogP contribution in [0.5, 0.6) is 0 Å². The van der Waals surface area contributed by atoms with Gasteiger partial charge in [0, 0.05) is 17.2 Å². The Bertz CT molecular complexity index is 588. The van der Waals surface area contributed by atoms with Gasteiger partial charge in [0.2, 0.25) is 0 Å². The first-order chi connectivity index (χ1) is 8.41. The highest BCUT2D eigenvalue weighted by Gasteiger charge is 2.23. The van der Waals surface area contributed by atoms with Gasteiger partial charge in [-0.2, -0.15) is 0 Å². The quantitative estimate of drug-likeness (QED) is 0.886. The molecule has 0 amide bonds. The third-order valence-electron chi connectivity index (χ3n) is 3.15. The topological polar surface area (TPSA) is 33.4 Å². The normalized spacial score (nSPS) is 12.8. The number of hydrogen-bond donors (Lipinski definition) is 1. The number of rotatable bonds is 2. The highest BCUT2D eigenvalue weighted by molar-refractivity contribution is 5.39. The molecule has 2 aromatic rings. The van der Waals surface area contributed by atoms with Gasteiger partial charge in [-0.3, -0.25) is 0 Å². The van der Waals surface area contributed by atoms with Crippen molar-refractivity contribution in [1.82, 2.24) is 0 Å². The van der Waals surface area contributed by atoms with E-state index in [9.17, 15) is 13.9 Å². The zero-order valence-electron chi connectivity index (χ0n) is 10.4. The van der Waals surface area contributed by atoms with E-state index >= 15 is 0 Å². The van der Waals surface area contributed by atoms with Crippen molar-refractivity contribution in [1.29, 1.82) is 0 Å². The molecule has 1 unspecified atom stereocenters. The molecule has 2 rings (SSSR count). The second-order valence-electron chi connectivity index (χ2n) is 4.32. The van der Waals surface area contributed by atoms with E-state index < -0.39 is 17.7 Å². The molecule has 0 fully saturated rings. The highest BCUT2D eigenvalue weighted by atomic mass is 19.1. The van der Waals surface area contributed by atoms with Gasteiger partial charge in [0.25, 0.3) is 0 Å². The van der Waals surface area contributed by atoms with Gasteiger partial charge in [-0.25, -0.2) is 8.78 Å². The summed E-state index contributed by atoms with van der Waals surface area (Å²) >= 11 is 0. The van der Waals surface area contributed by atoms with E-state index in [0.29, 0.717) is 17.1 Å². The van der Waals surface area contributed by atoms with Crippen LogP contribution < -0.4 is 0 Å². The first-order valence-corrected chi connectivity index (χ1v) is 5.61. The van der Waals surface area contributed by atoms with Crippen molar-refractivity contribution in [2.24, 2.45) is 0 Å². The van der Waals surface area contributed by atoms with Crippen LogP contribution in [0.15, 0.2) is 22.6 Å². The van der Waals surface area contributed by atoms with Crippen molar-refractivity contribution in [3.05, 3.63) is 58.0 Å². The Morgan fingerprint density at radius 2 is 1.78 bits per heavy atom. The molecule has 0 radical (unpaired) electrons. The molecular formula is C14H14F2O2. The van der Waals surface area contributed by atoms with E-state index in [2.05, 4.69) is 0 Å². The zero-order chi connectivity index (χ0) is 13.4. The maximum absolute atomic E-state index is 13.6. The first-order valence-electron chi connectivity index (χ1n) is 5.61. The van der Waals surface area contributed by atoms with Crippen LogP contribution in [0.4, 0.5) is 8.78 Å². The minimum absolute atomic E-state index is 0.0448. The van der Waals surface area contributed by atoms with Gasteiger partial charge in [-0.1, -0.05) is 6.07 Å². The van der Waals surface area contributed by atoms with E-state index in [1.165, 1.54) is 6.07 Å². The maximum Gasteiger partial charge on any atom is 0.132 e. The van der Waals surface area contributed by atoms with Crippen LogP contribution in [0.1, 0.15) is 34.3 Å². The molecule has 0 bridgehead atoms. The molecule has 1 N–H and O–H groups in total. The van der Waals surface area contributed by atoms with Crippen LogP contribution in [-0.2, 0) is 0 Å². The van der Waals surface area contributed by atoms with Gasteiger partial charge in [0.15, 0.2) is 0 Å². The minimum Gasteiger partial charge on any atom is -0.466 e. The molecule has 0 aliphatic carbocycles. The minimum atomic E-state index is -1.15. The van der Waals surface area contributed by atoms with Crippen LogP contribution in [0.25, 0.3) is 0 Å². The summed E-state index contributed by atoms with van der Waals surface area (Å²) in [4.78, 5) is 0. The summed E-state index contributed by atoms with van der Waals surface area (Å²) in [5, 5.41) is 10.2. The Morgan fingerprint density at radius 3 is 2.28 bits per heavy atom. The number of aliphatic hydroxyl groups excluding tert-OH is 1. The first kappa shape index (κ1) is 12.8. The second-order valence-corrected chi connectivity index (χ2v) is 4.32. The summed E-state index contributed by atoms with van der Waals surface area (Å²) in [6.07, 6.45) is -1.15. The van der Waals surface area contributed by atoms with Gasteiger partial charge in [-0.05, 0) is 32.4 Å². The number of halogens is 2. The Hall–Kier alpha value is -1.68. The number of aryl methyl sites for hydroxylation is 2. The molecule has 1 aromatic heterocycles. The van der Waals surface area contributed by atoms with E-state index in [0.717, 1.165) is 17.7 Å². The summed E-state index contributed by atoms with van der Waals surface area (Å²) in [5.74, 6) is -0.203. The summed E-state index contributed by atoms with van der Waals surface area (Å²) in [6, 6.07) is 3.13. The van der Waals surface area contributed by atoms with Crippen molar-refractivity contribution < 1.29 is 18.3 Å². The van der Waals surface area contributed by atoms with Crippen LogP contribution in [0.2, 0.25) is 0 Å². The Kier molecular flexibility index (Phi) is 3.22. The second kappa shape index (κ2) is 4.53. The maximum atomic E-state index is 13.6. The average molecular weight is 252 g/mol. The van der Waals surface area contributed by atoms with Crippen molar-refractivity contribution >= 4 is 0 Å². The summed E-state index contributed by atoms with van der Waals surface area (Å²) < 4.78 is 31.9. The third kappa shape index (κ3) is 2.04. The fourth-order valence-corrected chi connectivity index (χ4v) is 2.09. The van der Waals surface area contributed by atoms with Crippen LogP contribution >= 0.6 is 0 Å². The van der Waals surface area contributed by atoms with Crippen molar-refractivity contribution in [2.45, 2.75) is 26.9 Å². The molecule has 4 heteroatoms. The Labute approximate surface area is 104 Å². The largest absolute Gasteiger partial charge is 0.466 e. The molecular weight excluding hydrogens is 238 g/mol. The molecule has 0 aliphatic heterocycles. The summed E-state index contributed by atoms with van der Waals surface area (Å²) in [6.45, 7) is 5.28. The Balaban J connectivity index is 2.51. The molecule has 0 saturated carbocycles. The van der Waals surface area contributed by atoms with Crippen molar-refractivity contribution in [3.63, 3.8) is 0 Å². The highest BCUT2D eigenvalue weighted by Crippen LogP contribution is 2.32. The Morgan fingerprint density at radius 1 is 1.11 bits per heavy atom. The van der Waals surface area contributed by atoms with Crippen LogP contribution in [0.3, 0.4) is 0 Å². The van der Waals surface area contributed by atoms with Crippen molar-refractivity contribution in [2.75, 3.05) is 0 Å². The summed E-state index contributed by atoms with van der Waals surface area (Å²) in [5.41, 5.74) is 1.37.